The predicted octanol–water partition coefficient (Wildman–Crippen LogP) is 4.88. The van der Waals surface area contributed by atoms with Gasteiger partial charge in [0, 0.05) is 17.7 Å². The van der Waals surface area contributed by atoms with E-state index in [0.29, 0.717) is 6.42 Å². The molecule has 5 atom stereocenters. The van der Waals surface area contributed by atoms with Crippen molar-refractivity contribution in [2.75, 3.05) is 0 Å². The van der Waals surface area contributed by atoms with E-state index in [1.165, 1.54) is 0 Å². The van der Waals surface area contributed by atoms with Crippen LogP contribution >= 0.6 is 11.3 Å². The maximum absolute atomic E-state index is 13.1. The summed E-state index contributed by atoms with van der Waals surface area (Å²) in [6.07, 6.45) is 6.28. The van der Waals surface area contributed by atoms with E-state index in [-0.39, 0.29) is 18.1 Å². The summed E-state index contributed by atoms with van der Waals surface area (Å²) in [4.78, 5) is 30.3. The highest BCUT2D eigenvalue weighted by atomic mass is 32.1. The molecule has 6 nitrogen and oxygen atoms in total. The van der Waals surface area contributed by atoms with Crippen LogP contribution in [0.5, 0.6) is 0 Å². The number of carbonyl (C=O) groups excluding carboxylic acids is 2. The van der Waals surface area contributed by atoms with Crippen LogP contribution in [-0.4, -0.2) is 45.3 Å². The molecule has 0 saturated carbocycles. The van der Waals surface area contributed by atoms with E-state index in [9.17, 15) is 19.8 Å². The van der Waals surface area contributed by atoms with E-state index in [4.69, 9.17) is 4.74 Å². The summed E-state index contributed by atoms with van der Waals surface area (Å²) in [5, 5.41) is 24.4. The van der Waals surface area contributed by atoms with E-state index in [1.807, 2.05) is 38.3 Å². The number of allylic oxidation sites excluding steroid dienone is 1. The van der Waals surface area contributed by atoms with Crippen molar-refractivity contribution in [1.82, 2.24) is 4.98 Å². The number of aryl methyl sites for hydroxylation is 1. The molecule has 0 amide bonds. The molecule has 7 heteroatoms. The number of rotatable bonds is 2. The van der Waals surface area contributed by atoms with Crippen molar-refractivity contribution >= 4 is 29.2 Å². The van der Waals surface area contributed by atoms with Crippen LogP contribution in [0.25, 0.3) is 6.08 Å². The summed E-state index contributed by atoms with van der Waals surface area (Å²) < 4.78 is 5.75. The van der Waals surface area contributed by atoms with Crippen molar-refractivity contribution in [2.45, 2.75) is 92.0 Å². The molecule has 0 radical (unpaired) electrons. The van der Waals surface area contributed by atoms with Gasteiger partial charge in [-0.25, -0.2) is 4.98 Å². The normalized spacial score (nSPS) is 31.8. The van der Waals surface area contributed by atoms with Crippen molar-refractivity contribution in [3.05, 3.63) is 33.8 Å². The zero-order valence-corrected chi connectivity index (χ0v) is 21.5. The van der Waals surface area contributed by atoms with E-state index in [0.717, 1.165) is 35.5 Å². The lowest BCUT2D eigenvalue weighted by atomic mass is 9.73. The summed E-state index contributed by atoms with van der Waals surface area (Å²) in [5.41, 5.74) is 0.513. The molecule has 33 heavy (non-hydrogen) atoms. The molecule has 0 bridgehead atoms. The van der Waals surface area contributed by atoms with Gasteiger partial charge in [-0.1, -0.05) is 39.8 Å². The van der Waals surface area contributed by atoms with Gasteiger partial charge in [-0.05, 0) is 50.7 Å². The molecule has 0 unspecified atom stereocenters. The second kappa shape index (κ2) is 12.0. The molecule has 0 aromatic carbocycles. The molecule has 2 heterocycles. The third kappa shape index (κ3) is 7.59. The monoisotopic (exact) mass is 477 g/mol. The number of esters is 1. The number of nitrogens with zero attached hydrogens (tertiary/aromatic N) is 1. The van der Waals surface area contributed by atoms with Gasteiger partial charge in [0.1, 0.15) is 11.9 Å². The number of ether oxygens (including phenoxy) is 1. The van der Waals surface area contributed by atoms with Crippen LogP contribution in [0.4, 0.5) is 0 Å². The molecule has 1 aromatic rings. The number of ketones is 1. The molecule has 184 valence electrons. The Balaban J connectivity index is 2.27. The number of cyclic esters (lactones) is 1. The Morgan fingerprint density at radius 2 is 1.94 bits per heavy atom. The number of thiazole rings is 1. The summed E-state index contributed by atoms with van der Waals surface area (Å²) in [7, 11) is 0. The summed E-state index contributed by atoms with van der Waals surface area (Å²) >= 11 is 1.56. The third-order valence-electron chi connectivity index (χ3n) is 6.68. The molecule has 1 aliphatic rings. The number of aliphatic hydroxyl groups is 2. The van der Waals surface area contributed by atoms with Crippen LogP contribution in [-0.2, 0) is 14.3 Å². The zero-order chi connectivity index (χ0) is 24.8. The van der Waals surface area contributed by atoms with E-state index >= 15 is 0 Å². The smallest absolute Gasteiger partial charge is 0.309 e. The number of aromatic nitrogens is 1. The fourth-order valence-corrected chi connectivity index (χ4v) is 4.75. The van der Waals surface area contributed by atoms with Crippen molar-refractivity contribution < 1.29 is 24.5 Å². The second-order valence-electron chi connectivity index (χ2n) is 9.86. The maximum atomic E-state index is 13.1. The van der Waals surface area contributed by atoms with Gasteiger partial charge < -0.3 is 14.9 Å². The molecule has 0 spiro atoms. The summed E-state index contributed by atoms with van der Waals surface area (Å²) in [5.74, 6) is -1.48. The molecule has 1 aromatic heterocycles. The minimum absolute atomic E-state index is 0.0392. The van der Waals surface area contributed by atoms with Gasteiger partial charge in [0.05, 0.1) is 34.7 Å². The fourth-order valence-electron chi connectivity index (χ4n) is 4.18. The van der Waals surface area contributed by atoms with Gasteiger partial charge in [-0.3, -0.25) is 9.59 Å². The van der Waals surface area contributed by atoms with Crippen molar-refractivity contribution in [1.29, 1.82) is 0 Å². The summed E-state index contributed by atoms with van der Waals surface area (Å²) in [6, 6.07) is 0. The highest BCUT2D eigenvalue weighted by Gasteiger charge is 2.42. The Kier molecular flexibility index (Phi) is 10.0. The first-order valence-corrected chi connectivity index (χ1v) is 12.7. The number of hydrogen-bond donors (Lipinski definition) is 2. The van der Waals surface area contributed by atoms with Gasteiger partial charge >= 0.3 is 5.97 Å². The Hall–Kier alpha value is -1.83. The van der Waals surface area contributed by atoms with E-state index in [2.05, 4.69) is 11.1 Å². The molecule has 2 N–H and O–H groups in total. The number of hydrogen-bond acceptors (Lipinski definition) is 7. The molecule has 2 rings (SSSR count). The average molecular weight is 478 g/mol. The number of aliphatic hydroxyl groups excluding tert-OH is 2. The lowest BCUT2D eigenvalue weighted by molar-refractivity contribution is -0.154. The molecular formula is C26H39NO5S. The Morgan fingerprint density at radius 3 is 2.58 bits per heavy atom. The molecule has 1 aliphatic heterocycles. The Labute approximate surface area is 201 Å². The zero-order valence-electron chi connectivity index (χ0n) is 20.7. The number of Topliss-reactive ketones (excluding diaryl/α,β-unsaturated/α-hetero) is 1. The Morgan fingerprint density at radius 1 is 1.24 bits per heavy atom. The van der Waals surface area contributed by atoms with Crippen LogP contribution in [0.15, 0.2) is 23.1 Å². The number of carbonyl (C=O) groups is 2. The van der Waals surface area contributed by atoms with Gasteiger partial charge in [0.15, 0.2) is 0 Å². The van der Waals surface area contributed by atoms with Crippen LogP contribution < -0.4 is 0 Å². The molecular weight excluding hydrogens is 438 g/mol. The highest BCUT2D eigenvalue weighted by molar-refractivity contribution is 7.09. The van der Waals surface area contributed by atoms with Crippen molar-refractivity contribution in [2.24, 2.45) is 17.3 Å². The van der Waals surface area contributed by atoms with Gasteiger partial charge in [0.25, 0.3) is 0 Å². The van der Waals surface area contributed by atoms with Gasteiger partial charge in [-0.2, -0.15) is 0 Å². The summed E-state index contributed by atoms with van der Waals surface area (Å²) in [6.45, 7) is 10.8. The maximum Gasteiger partial charge on any atom is 0.309 e. The quantitative estimate of drug-likeness (QED) is 0.466. The average Bonchev–Trinajstić information content (AvgIpc) is 3.16. The van der Waals surface area contributed by atoms with Crippen molar-refractivity contribution in [3.8, 4) is 0 Å². The lowest BCUT2D eigenvalue weighted by Gasteiger charge is -2.34. The Bertz CT molecular complexity index is 872. The fraction of sp³-hybridized carbons (Fsp3) is 0.654. The SMILES string of the molecule is C/C(=C\c1csc(C)n1)[C@H]1C/C=C\CCC[C@@H](C)[C@@H](O)[C@@H](C)C(=O)C(C)(C)[C@H](O)CC(=O)O1. The standard InChI is InChI=1S/C26H39NO5S/c1-16-11-9-7-8-10-12-21(17(2)13-20-15-33-19(4)27-20)32-23(29)14-22(28)26(5,6)25(31)18(3)24(16)30/h8,10,13,15-16,18,21-22,24,28,30H,7,9,11-12,14H2,1-6H3/b10-8-,17-13+/t16-,18-,21-,22-,24-/m1/s1. The van der Waals surface area contributed by atoms with Crippen LogP contribution in [0, 0.1) is 24.2 Å². The third-order valence-corrected chi connectivity index (χ3v) is 7.47. The van der Waals surface area contributed by atoms with E-state index < -0.39 is 35.6 Å². The minimum Gasteiger partial charge on any atom is -0.457 e. The molecule has 0 aliphatic carbocycles. The molecule has 0 saturated heterocycles. The topological polar surface area (TPSA) is 96.7 Å². The van der Waals surface area contributed by atoms with E-state index in [1.54, 1.807) is 32.1 Å². The first kappa shape index (κ1) is 27.4. The highest BCUT2D eigenvalue weighted by Crippen LogP contribution is 2.32. The van der Waals surface area contributed by atoms with Crippen LogP contribution in [0.2, 0.25) is 0 Å². The van der Waals surface area contributed by atoms with Gasteiger partial charge in [-0.15, -0.1) is 11.3 Å². The van der Waals surface area contributed by atoms with Crippen molar-refractivity contribution in [3.63, 3.8) is 0 Å². The minimum atomic E-state index is -1.21. The van der Waals surface area contributed by atoms with Crippen LogP contribution in [0.3, 0.4) is 0 Å². The van der Waals surface area contributed by atoms with Crippen LogP contribution in [0.1, 0.15) is 77.4 Å². The van der Waals surface area contributed by atoms with Gasteiger partial charge in [0.2, 0.25) is 0 Å². The first-order valence-electron chi connectivity index (χ1n) is 11.8. The predicted molar refractivity (Wildman–Crippen MR) is 132 cm³/mol. The molecule has 0 fully saturated rings. The second-order valence-corrected chi connectivity index (χ2v) is 10.9. The first-order chi connectivity index (χ1) is 15.4. The largest absolute Gasteiger partial charge is 0.457 e. The lowest BCUT2D eigenvalue weighted by Crippen LogP contribution is -2.45.